The van der Waals surface area contributed by atoms with Crippen LogP contribution in [0.25, 0.3) is 0 Å². The summed E-state index contributed by atoms with van der Waals surface area (Å²) in [5.74, 6) is -0.957. The molecule has 0 aromatic heterocycles. The Kier molecular flexibility index (Phi) is 8.80. The normalized spacial score (nSPS) is 12.1. The molecule has 0 heterocycles. The number of hydrogen-bond donors (Lipinski definition) is 3. The highest BCUT2D eigenvalue weighted by atomic mass is 32.2. The van der Waals surface area contributed by atoms with Gasteiger partial charge in [-0.1, -0.05) is 60.7 Å². The van der Waals surface area contributed by atoms with E-state index in [1.165, 1.54) is 18.0 Å². The zero-order chi connectivity index (χ0) is 21.1. The largest absolute Gasteiger partial charge is 0.480 e. The molecule has 0 aliphatic rings. The van der Waals surface area contributed by atoms with E-state index in [-0.39, 0.29) is 5.57 Å². The van der Waals surface area contributed by atoms with Crippen LogP contribution in [0.1, 0.15) is 23.6 Å². The van der Waals surface area contributed by atoms with Gasteiger partial charge in [-0.25, -0.2) is 4.79 Å². The Balaban J connectivity index is 2.20. The third-order valence-corrected chi connectivity index (χ3v) is 4.89. The van der Waals surface area contributed by atoms with Gasteiger partial charge in [0, 0.05) is 6.20 Å². The number of aliphatic carboxylic acids is 1. The third-order valence-electron chi connectivity index (χ3n) is 4.24. The molecule has 1 unspecified atom stereocenters. The molecule has 0 spiro atoms. The summed E-state index contributed by atoms with van der Waals surface area (Å²) in [7, 11) is 0. The number of carbonyl (C=O) groups excluding carboxylic acids is 1. The number of nitrogens with zero attached hydrogens (tertiary/aromatic N) is 1. The quantitative estimate of drug-likeness (QED) is 0.412. The van der Waals surface area contributed by atoms with Crippen molar-refractivity contribution in [3.05, 3.63) is 83.6 Å². The second kappa shape index (κ2) is 11.6. The fraction of sp³-hybridized carbons (Fsp3) is 0.227. The molecule has 0 aliphatic carbocycles. The number of carbonyl (C=O) groups is 2. The number of benzene rings is 2. The van der Waals surface area contributed by atoms with Crippen molar-refractivity contribution in [3.63, 3.8) is 0 Å². The minimum Gasteiger partial charge on any atom is -0.480 e. The van der Waals surface area contributed by atoms with Crippen LogP contribution in [0.5, 0.6) is 0 Å². The lowest BCUT2D eigenvalue weighted by Crippen LogP contribution is -2.35. The summed E-state index contributed by atoms with van der Waals surface area (Å²) in [5.41, 5.74) is 1.57. The van der Waals surface area contributed by atoms with Gasteiger partial charge in [-0.3, -0.25) is 4.79 Å². The van der Waals surface area contributed by atoms with E-state index >= 15 is 0 Å². The number of hydrogen-bond acceptors (Lipinski definition) is 5. The molecule has 0 radical (unpaired) electrons. The summed E-state index contributed by atoms with van der Waals surface area (Å²) in [6.07, 6.45) is 3.45. The van der Waals surface area contributed by atoms with Crippen molar-refractivity contribution in [1.82, 2.24) is 10.6 Å². The Morgan fingerprint density at radius 2 is 1.66 bits per heavy atom. The van der Waals surface area contributed by atoms with E-state index < -0.39 is 24.0 Å². The molecule has 1 atom stereocenters. The first kappa shape index (κ1) is 22.1. The molecule has 29 heavy (non-hydrogen) atoms. The molecule has 7 heteroatoms. The molecule has 3 N–H and O–H groups in total. The predicted octanol–water partition coefficient (Wildman–Crippen LogP) is 3.10. The van der Waals surface area contributed by atoms with Gasteiger partial charge >= 0.3 is 5.97 Å². The van der Waals surface area contributed by atoms with Crippen molar-refractivity contribution in [2.75, 3.05) is 12.0 Å². The monoisotopic (exact) mass is 409 g/mol. The molecule has 0 saturated heterocycles. The Hall–Kier alpha value is -3.24. The fourth-order valence-corrected chi connectivity index (χ4v) is 3.18. The third kappa shape index (κ3) is 6.70. The number of nitriles is 1. The van der Waals surface area contributed by atoms with Gasteiger partial charge in [0.05, 0.1) is 6.04 Å². The Labute approximate surface area is 174 Å². The lowest BCUT2D eigenvalue weighted by Gasteiger charge is -2.20. The zero-order valence-corrected chi connectivity index (χ0v) is 16.9. The molecular formula is C22H23N3O3S. The number of carboxylic acids is 1. The molecule has 2 aromatic carbocycles. The van der Waals surface area contributed by atoms with Gasteiger partial charge in [0.15, 0.2) is 0 Å². The number of thioether (sulfide) groups is 1. The van der Waals surface area contributed by atoms with Crippen LogP contribution in [-0.2, 0) is 9.59 Å². The number of rotatable bonds is 10. The molecule has 0 bridgehead atoms. The van der Waals surface area contributed by atoms with Gasteiger partial charge in [-0.05, 0) is 29.6 Å². The number of carboxylic acid groups (broad SMARTS) is 1. The smallest absolute Gasteiger partial charge is 0.326 e. The van der Waals surface area contributed by atoms with Gasteiger partial charge < -0.3 is 15.7 Å². The first-order valence-corrected chi connectivity index (χ1v) is 10.4. The van der Waals surface area contributed by atoms with Crippen LogP contribution in [0.3, 0.4) is 0 Å². The van der Waals surface area contributed by atoms with Crippen LogP contribution in [0, 0.1) is 11.3 Å². The average molecular weight is 410 g/mol. The standard InChI is InChI=1S/C22H23N3O3S/c1-29-13-12-19(22(27)28)24-15-18(14-23)21(26)25-20(16-8-4-2-5-9-16)17-10-6-3-7-11-17/h2-11,15,19-20,24H,12-13H2,1H3,(H,25,26)(H,27,28)/b18-15-. The fourth-order valence-electron chi connectivity index (χ4n) is 2.71. The van der Waals surface area contributed by atoms with E-state index in [1.807, 2.05) is 73.0 Å². The Morgan fingerprint density at radius 3 is 2.10 bits per heavy atom. The maximum Gasteiger partial charge on any atom is 0.326 e. The average Bonchev–Trinajstić information content (AvgIpc) is 2.75. The highest BCUT2D eigenvalue weighted by molar-refractivity contribution is 7.98. The Morgan fingerprint density at radius 1 is 1.10 bits per heavy atom. The molecule has 2 aromatic rings. The molecule has 0 fully saturated rings. The minimum atomic E-state index is -1.03. The molecule has 150 valence electrons. The van der Waals surface area contributed by atoms with E-state index in [2.05, 4.69) is 10.6 Å². The van der Waals surface area contributed by atoms with E-state index in [1.54, 1.807) is 0 Å². The molecular weight excluding hydrogens is 386 g/mol. The van der Waals surface area contributed by atoms with Crippen molar-refractivity contribution in [3.8, 4) is 6.07 Å². The van der Waals surface area contributed by atoms with Crippen LogP contribution < -0.4 is 10.6 Å². The highest BCUT2D eigenvalue weighted by Gasteiger charge is 2.20. The maximum atomic E-state index is 12.7. The van der Waals surface area contributed by atoms with Gasteiger partial charge in [0.25, 0.3) is 5.91 Å². The predicted molar refractivity (Wildman–Crippen MR) is 114 cm³/mol. The maximum absolute atomic E-state index is 12.7. The Bertz CT molecular complexity index is 840. The van der Waals surface area contributed by atoms with Crippen LogP contribution in [-0.4, -0.2) is 35.0 Å². The molecule has 1 amide bonds. The number of amides is 1. The molecule has 6 nitrogen and oxygen atoms in total. The van der Waals surface area contributed by atoms with E-state index in [4.69, 9.17) is 0 Å². The zero-order valence-electron chi connectivity index (χ0n) is 16.0. The molecule has 0 saturated carbocycles. The summed E-state index contributed by atoms with van der Waals surface area (Å²) in [6, 6.07) is 19.4. The van der Waals surface area contributed by atoms with Crippen molar-refractivity contribution in [2.24, 2.45) is 0 Å². The van der Waals surface area contributed by atoms with Crippen LogP contribution in [0.2, 0.25) is 0 Å². The van der Waals surface area contributed by atoms with Gasteiger partial charge in [0.2, 0.25) is 0 Å². The van der Waals surface area contributed by atoms with Gasteiger partial charge in [-0.2, -0.15) is 17.0 Å². The second-order valence-corrected chi connectivity index (χ2v) is 7.22. The summed E-state index contributed by atoms with van der Waals surface area (Å²) in [5, 5.41) is 24.2. The van der Waals surface area contributed by atoms with Crippen molar-refractivity contribution in [2.45, 2.75) is 18.5 Å². The summed E-state index contributed by atoms with van der Waals surface area (Å²) < 4.78 is 0. The van der Waals surface area contributed by atoms with Gasteiger partial charge in [-0.15, -0.1) is 0 Å². The van der Waals surface area contributed by atoms with Crippen molar-refractivity contribution >= 4 is 23.6 Å². The van der Waals surface area contributed by atoms with Crippen molar-refractivity contribution < 1.29 is 14.7 Å². The lowest BCUT2D eigenvalue weighted by molar-refractivity contribution is -0.139. The van der Waals surface area contributed by atoms with E-state index in [0.29, 0.717) is 12.2 Å². The van der Waals surface area contributed by atoms with Gasteiger partial charge in [0.1, 0.15) is 17.7 Å². The SMILES string of the molecule is CSCCC(N/C=C(/C#N)C(=O)NC(c1ccccc1)c1ccccc1)C(=O)O. The lowest BCUT2D eigenvalue weighted by atomic mass is 9.98. The first-order chi connectivity index (χ1) is 14.1. The number of nitrogens with one attached hydrogen (secondary N) is 2. The summed E-state index contributed by atoms with van der Waals surface area (Å²) >= 11 is 1.53. The summed E-state index contributed by atoms with van der Waals surface area (Å²) in [6.45, 7) is 0. The minimum absolute atomic E-state index is 0.183. The second-order valence-electron chi connectivity index (χ2n) is 6.24. The van der Waals surface area contributed by atoms with Crippen LogP contribution >= 0.6 is 11.8 Å². The van der Waals surface area contributed by atoms with Crippen LogP contribution in [0.4, 0.5) is 0 Å². The van der Waals surface area contributed by atoms with E-state index in [9.17, 15) is 20.0 Å². The molecule has 2 rings (SSSR count). The van der Waals surface area contributed by atoms with Crippen LogP contribution in [0.15, 0.2) is 72.4 Å². The summed E-state index contributed by atoms with van der Waals surface area (Å²) in [4.78, 5) is 24.1. The first-order valence-electron chi connectivity index (χ1n) is 9.05. The molecule has 0 aliphatic heterocycles. The van der Waals surface area contributed by atoms with E-state index in [0.717, 1.165) is 11.1 Å². The highest BCUT2D eigenvalue weighted by Crippen LogP contribution is 2.22. The topological polar surface area (TPSA) is 102 Å². The van der Waals surface area contributed by atoms with Crippen molar-refractivity contribution in [1.29, 1.82) is 5.26 Å².